The van der Waals surface area contributed by atoms with Crippen molar-refractivity contribution in [2.45, 2.75) is 13.8 Å². The van der Waals surface area contributed by atoms with Crippen LogP contribution < -0.4 is 10.9 Å². The highest BCUT2D eigenvalue weighted by molar-refractivity contribution is 7.13. The van der Waals surface area contributed by atoms with Gasteiger partial charge in [0.15, 0.2) is 0 Å². The van der Waals surface area contributed by atoms with Crippen LogP contribution in [0.1, 0.15) is 12.6 Å². The summed E-state index contributed by atoms with van der Waals surface area (Å²) in [7, 11) is 0. The second-order valence-corrected chi connectivity index (χ2v) is 2.96. The SMILES string of the molecule is CC(=O)NNc1nc(C)cs1. The Kier molecular flexibility index (Phi) is 2.43. The molecule has 0 aliphatic heterocycles. The van der Waals surface area contributed by atoms with Gasteiger partial charge in [0, 0.05) is 12.3 Å². The van der Waals surface area contributed by atoms with Gasteiger partial charge in [0.1, 0.15) is 0 Å². The van der Waals surface area contributed by atoms with Crippen molar-refractivity contribution in [3.8, 4) is 0 Å². The number of carbonyl (C=O) groups is 1. The first kappa shape index (κ1) is 8.00. The van der Waals surface area contributed by atoms with Crippen molar-refractivity contribution < 1.29 is 4.79 Å². The number of hydrazine groups is 1. The zero-order valence-electron chi connectivity index (χ0n) is 6.34. The third-order valence-electron chi connectivity index (χ3n) is 0.964. The van der Waals surface area contributed by atoms with E-state index < -0.39 is 0 Å². The average Bonchev–Trinajstić information content (AvgIpc) is 2.31. The Hall–Kier alpha value is -1.10. The molecule has 60 valence electrons. The normalized spacial score (nSPS) is 9.27. The van der Waals surface area contributed by atoms with Crippen molar-refractivity contribution in [1.29, 1.82) is 0 Å². The van der Waals surface area contributed by atoms with Crippen LogP contribution in [0.3, 0.4) is 0 Å². The Morgan fingerprint density at radius 3 is 2.91 bits per heavy atom. The van der Waals surface area contributed by atoms with E-state index in [2.05, 4.69) is 15.8 Å². The van der Waals surface area contributed by atoms with E-state index in [-0.39, 0.29) is 5.91 Å². The number of nitrogens with zero attached hydrogens (tertiary/aromatic N) is 1. The zero-order valence-corrected chi connectivity index (χ0v) is 7.16. The number of anilines is 1. The molecule has 1 aromatic heterocycles. The number of nitrogens with one attached hydrogen (secondary N) is 2. The van der Waals surface area contributed by atoms with E-state index in [9.17, 15) is 4.79 Å². The lowest BCUT2D eigenvalue weighted by Gasteiger charge is -1.99. The number of thiazole rings is 1. The molecule has 1 heterocycles. The van der Waals surface area contributed by atoms with Crippen LogP contribution in [-0.4, -0.2) is 10.9 Å². The lowest BCUT2D eigenvalue weighted by Crippen LogP contribution is -2.26. The van der Waals surface area contributed by atoms with Gasteiger partial charge in [-0.3, -0.25) is 15.6 Å². The highest BCUT2D eigenvalue weighted by Crippen LogP contribution is 2.12. The molecular formula is C6H9N3OS. The second-order valence-electron chi connectivity index (χ2n) is 2.10. The molecule has 1 aromatic rings. The van der Waals surface area contributed by atoms with Crippen molar-refractivity contribution in [3.05, 3.63) is 11.1 Å². The molecular weight excluding hydrogens is 162 g/mol. The van der Waals surface area contributed by atoms with Crippen LogP contribution >= 0.6 is 11.3 Å². The molecule has 0 atom stereocenters. The topological polar surface area (TPSA) is 54.0 Å². The maximum Gasteiger partial charge on any atom is 0.235 e. The summed E-state index contributed by atoms with van der Waals surface area (Å²) >= 11 is 1.45. The van der Waals surface area contributed by atoms with Gasteiger partial charge < -0.3 is 0 Å². The molecule has 1 rings (SSSR count). The molecule has 11 heavy (non-hydrogen) atoms. The van der Waals surface area contributed by atoms with Crippen LogP contribution in [0.4, 0.5) is 5.13 Å². The van der Waals surface area contributed by atoms with Crippen LogP contribution in [0.2, 0.25) is 0 Å². The summed E-state index contributed by atoms with van der Waals surface area (Å²) in [4.78, 5) is 14.5. The number of hydrogen-bond donors (Lipinski definition) is 2. The van der Waals surface area contributed by atoms with Gasteiger partial charge >= 0.3 is 0 Å². The second kappa shape index (κ2) is 3.34. The van der Waals surface area contributed by atoms with Gasteiger partial charge in [-0.15, -0.1) is 11.3 Å². The highest BCUT2D eigenvalue weighted by atomic mass is 32.1. The lowest BCUT2D eigenvalue weighted by atomic mass is 10.6. The van der Waals surface area contributed by atoms with E-state index in [0.717, 1.165) is 5.69 Å². The molecule has 0 aliphatic carbocycles. The van der Waals surface area contributed by atoms with Gasteiger partial charge in [0.05, 0.1) is 5.69 Å². The molecule has 0 aromatic carbocycles. The molecule has 0 saturated carbocycles. The molecule has 0 fully saturated rings. The van der Waals surface area contributed by atoms with E-state index >= 15 is 0 Å². The Labute approximate surface area is 68.6 Å². The maximum absolute atomic E-state index is 10.4. The van der Waals surface area contributed by atoms with Crippen LogP contribution in [0.5, 0.6) is 0 Å². The predicted octanol–water partition coefficient (Wildman–Crippen LogP) is 0.915. The molecule has 1 amide bonds. The van der Waals surface area contributed by atoms with E-state index in [1.165, 1.54) is 18.3 Å². The van der Waals surface area contributed by atoms with Crippen molar-refractivity contribution in [1.82, 2.24) is 10.4 Å². The molecule has 0 saturated heterocycles. The number of hydrogen-bond acceptors (Lipinski definition) is 4. The van der Waals surface area contributed by atoms with Crippen molar-refractivity contribution in [3.63, 3.8) is 0 Å². The predicted molar refractivity (Wildman–Crippen MR) is 44.3 cm³/mol. The molecule has 0 spiro atoms. The third kappa shape index (κ3) is 2.55. The number of aromatic nitrogens is 1. The number of aryl methyl sites for hydroxylation is 1. The van der Waals surface area contributed by atoms with Gasteiger partial charge in [-0.1, -0.05) is 0 Å². The van der Waals surface area contributed by atoms with E-state index in [1.54, 1.807) is 0 Å². The van der Waals surface area contributed by atoms with Crippen LogP contribution in [0.25, 0.3) is 0 Å². The molecule has 0 aliphatic rings. The van der Waals surface area contributed by atoms with Crippen molar-refractivity contribution >= 4 is 22.4 Å². The Morgan fingerprint density at radius 2 is 2.45 bits per heavy atom. The van der Waals surface area contributed by atoms with Crippen LogP contribution in [0.15, 0.2) is 5.38 Å². The molecule has 0 bridgehead atoms. The quantitative estimate of drug-likeness (QED) is 0.650. The van der Waals surface area contributed by atoms with Gasteiger partial charge in [-0.05, 0) is 6.92 Å². The Morgan fingerprint density at radius 1 is 1.73 bits per heavy atom. The fourth-order valence-corrected chi connectivity index (χ4v) is 1.19. The standard InChI is InChI=1S/C6H9N3OS/c1-4-3-11-6(7-4)9-8-5(2)10/h3H,1-2H3,(H,7,9)(H,8,10). The van der Waals surface area contributed by atoms with E-state index in [0.29, 0.717) is 5.13 Å². The average molecular weight is 171 g/mol. The largest absolute Gasteiger partial charge is 0.274 e. The first-order valence-corrected chi connectivity index (χ1v) is 4.01. The smallest absolute Gasteiger partial charge is 0.235 e. The summed E-state index contributed by atoms with van der Waals surface area (Å²) in [5.74, 6) is -0.127. The fourth-order valence-electron chi connectivity index (χ4n) is 0.553. The van der Waals surface area contributed by atoms with Crippen LogP contribution in [-0.2, 0) is 4.79 Å². The molecule has 4 nitrogen and oxygen atoms in total. The summed E-state index contributed by atoms with van der Waals surface area (Å²) in [5.41, 5.74) is 6.05. The fraction of sp³-hybridized carbons (Fsp3) is 0.333. The van der Waals surface area contributed by atoms with Crippen molar-refractivity contribution in [2.75, 3.05) is 5.43 Å². The zero-order chi connectivity index (χ0) is 8.27. The summed E-state index contributed by atoms with van der Waals surface area (Å²) in [6, 6.07) is 0. The molecule has 0 radical (unpaired) electrons. The number of rotatable bonds is 2. The third-order valence-corrected chi connectivity index (χ3v) is 1.84. The monoisotopic (exact) mass is 171 g/mol. The minimum atomic E-state index is -0.127. The minimum absolute atomic E-state index is 0.127. The van der Waals surface area contributed by atoms with Gasteiger partial charge in [-0.25, -0.2) is 4.98 Å². The number of amides is 1. The first-order valence-electron chi connectivity index (χ1n) is 3.13. The van der Waals surface area contributed by atoms with Crippen LogP contribution in [0, 0.1) is 6.92 Å². The summed E-state index contributed by atoms with van der Waals surface area (Å²) in [6.07, 6.45) is 0. The molecule has 2 N–H and O–H groups in total. The lowest BCUT2D eigenvalue weighted by molar-refractivity contribution is -0.118. The Balaban J connectivity index is 2.45. The highest BCUT2D eigenvalue weighted by Gasteiger charge is 1.96. The maximum atomic E-state index is 10.4. The Bertz CT molecular complexity index is 258. The summed E-state index contributed by atoms with van der Waals surface area (Å²) in [6.45, 7) is 3.34. The minimum Gasteiger partial charge on any atom is -0.274 e. The van der Waals surface area contributed by atoms with Gasteiger partial charge in [0.2, 0.25) is 11.0 Å². The van der Waals surface area contributed by atoms with E-state index in [1.807, 2.05) is 12.3 Å². The van der Waals surface area contributed by atoms with E-state index in [4.69, 9.17) is 0 Å². The van der Waals surface area contributed by atoms with Crippen molar-refractivity contribution in [2.24, 2.45) is 0 Å². The van der Waals surface area contributed by atoms with Gasteiger partial charge in [0.25, 0.3) is 0 Å². The van der Waals surface area contributed by atoms with Gasteiger partial charge in [-0.2, -0.15) is 0 Å². The number of carbonyl (C=O) groups excluding carboxylic acids is 1. The first-order chi connectivity index (χ1) is 5.18. The molecule has 5 heteroatoms. The summed E-state index contributed by atoms with van der Waals surface area (Å²) < 4.78 is 0. The molecule has 0 unspecified atom stereocenters. The summed E-state index contributed by atoms with van der Waals surface area (Å²) in [5, 5.41) is 2.61.